The van der Waals surface area contributed by atoms with E-state index < -0.39 is 21.8 Å². The zero-order valence-electron chi connectivity index (χ0n) is 13.2. The van der Waals surface area contributed by atoms with E-state index in [2.05, 4.69) is 4.98 Å². The fourth-order valence-corrected chi connectivity index (χ4v) is 3.64. The minimum atomic E-state index is -4.37. The molecule has 1 aromatic heterocycles. The largest absolute Gasteiger partial charge is 0.416 e. The van der Waals surface area contributed by atoms with Crippen LogP contribution in [0.5, 0.6) is 0 Å². The highest BCUT2D eigenvalue weighted by atomic mass is 32.2. The summed E-state index contributed by atoms with van der Waals surface area (Å²) in [6, 6.07) is 7.36. The van der Waals surface area contributed by atoms with Crippen LogP contribution in [-0.4, -0.2) is 13.4 Å². The molecule has 0 radical (unpaired) electrons. The molecule has 4 nitrogen and oxygen atoms in total. The first-order valence-corrected chi connectivity index (χ1v) is 9.34. The molecule has 2 aromatic rings. The summed E-state index contributed by atoms with van der Waals surface area (Å²) in [7, 11) is -3.72. The van der Waals surface area contributed by atoms with Crippen molar-refractivity contribution >= 4 is 10.0 Å². The molecule has 1 aliphatic carbocycles. The van der Waals surface area contributed by atoms with Crippen molar-refractivity contribution in [1.82, 2.24) is 4.98 Å². The van der Waals surface area contributed by atoms with E-state index >= 15 is 0 Å². The lowest BCUT2D eigenvalue weighted by Crippen LogP contribution is -2.11. The van der Waals surface area contributed by atoms with Gasteiger partial charge in [0.15, 0.2) is 0 Å². The predicted octanol–water partition coefficient (Wildman–Crippen LogP) is 3.48. The van der Waals surface area contributed by atoms with Gasteiger partial charge in [-0.15, -0.1) is 0 Å². The number of halogens is 3. The summed E-state index contributed by atoms with van der Waals surface area (Å²) in [6.45, 7) is 0. The van der Waals surface area contributed by atoms with E-state index in [1.807, 2.05) is 0 Å². The SMILES string of the molecule is NS(=O)(=O)c1ccc(C2CC2CCc2cnccc2C(F)(F)F)cc1. The summed E-state index contributed by atoms with van der Waals surface area (Å²) in [5.41, 5.74) is 0.571. The number of rotatable bonds is 5. The van der Waals surface area contributed by atoms with Crippen LogP contribution in [0.25, 0.3) is 0 Å². The van der Waals surface area contributed by atoms with Crippen molar-refractivity contribution in [1.29, 1.82) is 0 Å². The number of alkyl halides is 3. The Morgan fingerprint density at radius 1 is 1.16 bits per heavy atom. The van der Waals surface area contributed by atoms with E-state index in [1.54, 1.807) is 12.1 Å². The lowest BCUT2D eigenvalue weighted by Gasteiger charge is -2.11. The van der Waals surface area contributed by atoms with E-state index in [9.17, 15) is 21.6 Å². The van der Waals surface area contributed by atoms with Crippen LogP contribution < -0.4 is 5.14 Å². The molecule has 0 saturated heterocycles. The number of aromatic nitrogens is 1. The maximum absolute atomic E-state index is 13.0. The summed E-state index contributed by atoms with van der Waals surface area (Å²) in [5.74, 6) is 0.544. The molecule has 1 fully saturated rings. The highest BCUT2D eigenvalue weighted by molar-refractivity contribution is 7.89. The van der Waals surface area contributed by atoms with Crippen molar-refractivity contribution in [3.8, 4) is 0 Å². The second-order valence-corrected chi connectivity index (χ2v) is 7.85. The minimum absolute atomic E-state index is 0.0543. The van der Waals surface area contributed by atoms with Gasteiger partial charge in [0.2, 0.25) is 10.0 Å². The molecule has 1 heterocycles. The van der Waals surface area contributed by atoms with Crippen molar-refractivity contribution in [3.05, 3.63) is 59.4 Å². The van der Waals surface area contributed by atoms with Gasteiger partial charge in [-0.2, -0.15) is 13.2 Å². The Morgan fingerprint density at radius 2 is 1.84 bits per heavy atom. The molecule has 134 valence electrons. The second-order valence-electron chi connectivity index (χ2n) is 6.29. The van der Waals surface area contributed by atoms with E-state index in [4.69, 9.17) is 5.14 Å². The Morgan fingerprint density at radius 3 is 2.44 bits per heavy atom. The van der Waals surface area contributed by atoms with Crippen LogP contribution in [0.2, 0.25) is 0 Å². The Bertz CT molecular complexity index is 864. The highest BCUT2D eigenvalue weighted by Crippen LogP contribution is 2.50. The molecular formula is C17H17F3N2O2S. The summed E-state index contributed by atoms with van der Waals surface area (Å²) < 4.78 is 61.4. The van der Waals surface area contributed by atoms with Gasteiger partial charge in [0, 0.05) is 12.4 Å². The zero-order chi connectivity index (χ0) is 18.2. The van der Waals surface area contributed by atoms with E-state index in [-0.39, 0.29) is 16.4 Å². The highest BCUT2D eigenvalue weighted by Gasteiger charge is 2.39. The fraction of sp³-hybridized carbons (Fsp3) is 0.353. The van der Waals surface area contributed by atoms with Gasteiger partial charge in [-0.1, -0.05) is 12.1 Å². The van der Waals surface area contributed by atoms with Gasteiger partial charge in [0.1, 0.15) is 0 Å². The number of aryl methyl sites for hydroxylation is 1. The smallest absolute Gasteiger partial charge is 0.264 e. The van der Waals surface area contributed by atoms with Crippen LogP contribution in [0.15, 0.2) is 47.6 Å². The lowest BCUT2D eigenvalue weighted by molar-refractivity contribution is -0.138. The Labute approximate surface area is 143 Å². The normalized spacial score (nSPS) is 20.5. The van der Waals surface area contributed by atoms with E-state index in [0.717, 1.165) is 24.2 Å². The standard InChI is InChI=1S/C17H17F3N2O2S/c18-17(19,20)16-7-8-22-10-13(16)2-1-12-9-15(12)11-3-5-14(6-4-11)25(21,23)24/h3-8,10,12,15H,1-2,9H2,(H2,21,23,24). The molecule has 2 unspecified atom stereocenters. The van der Waals surface area contributed by atoms with Crippen LogP contribution >= 0.6 is 0 Å². The summed E-state index contributed by atoms with van der Waals surface area (Å²) in [4.78, 5) is 3.85. The summed E-state index contributed by atoms with van der Waals surface area (Å²) >= 11 is 0. The Kier molecular flexibility index (Phi) is 4.59. The number of sulfonamides is 1. The molecule has 1 aromatic carbocycles. The van der Waals surface area contributed by atoms with Crippen LogP contribution in [0, 0.1) is 5.92 Å². The van der Waals surface area contributed by atoms with E-state index in [0.29, 0.717) is 18.8 Å². The van der Waals surface area contributed by atoms with Crippen molar-refractivity contribution in [3.63, 3.8) is 0 Å². The molecule has 8 heteroatoms. The topological polar surface area (TPSA) is 73.1 Å². The third kappa shape index (κ3) is 4.19. The molecule has 2 atom stereocenters. The average molecular weight is 370 g/mol. The van der Waals surface area contributed by atoms with Crippen LogP contribution in [0.4, 0.5) is 13.2 Å². The first-order chi connectivity index (χ1) is 11.7. The van der Waals surface area contributed by atoms with Crippen molar-refractivity contribution in [2.75, 3.05) is 0 Å². The number of nitrogens with two attached hydrogens (primary N) is 1. The Hall–Kier alpha value is -1.93. The molecule has 2 N–H and O–H groups in total. The van der Waals surface area contributed by atoms with Crippen molar-refractivity contribution in [2.24, 2.45) is 11.1 Å². The van der Waals surface area contributed by atoms with Gasteiger partial charge in [0.25, 0.3) is 0 Å². The number of hydrogen-bond donors (Lipinski definition) is 1. The quantitative estimate of drug-likeness (QED) is 0.876. The fourth-order valence-electron chi connectivity index (χ4n) is 3.12. The Balaban J connectivity index is 1.63. The first-order valence-electron chi connectivity index (χ1n) is 7.79. The van der Waals surface area contributed by atoms with Crippen LogP contribution in [0.1, 0.15) is 35.4 Å². The molecule has 3 rings (SSSR count). The maximum Gasteiger partial charge on any atom is 0.416 e. The molecule has 0 aliphatic heterocycles. The van der Waals surface area contributed by atoms with E-state index in [1.165, 1.54) is 18.3 Å². The average Bonchev–Trinajstić information content (AvgIpc) is 3.31. The van der Waals surface area contributed by atoms with Crippen LogP contribution in [-0.2, 0) is 22.6 Å². The van der Waals surface area contributed by atoms with Crippen molar-refractivity contribution in [2.45, 2.75) is 36.3 Å². The third-order valence-corrected chi connectivity index (χ3v) is 5.48. The molecule has 0 spiro atoms. The molecule has 25 heavy (non-hydrogen) atoms. The molecular weight excluding hydrogens is 353 g/mol. The second kappa shape index (κ2) is 6.42. The predicted molar refractivity (Wildman–Crippen MR) is 86.2 cm³/mol. The number of hydrogen-bond acceptors (Lipinski definition) is 3. The van der Waals surface area contributed by atoms with Gasteiger partial charge in [-0.05, 0) is 60.4 Å². The number of primary sulfonamides is 1. The number of nitrogens with zero attached hydrogens (tertiary/aromatic N) is 1. The molecule has 1 aliphatic rings. The number of pyridine rings is 1. The van der Waals surface area contributed by atoms with Gasteiger partial charge < -0.3 is 0 Å². The third-order valence-electron chi connectivity index (χ3n) is 4.55. The van der Waals surface area contributed by atoms with Gasteiger partial charge in [-0.25, -0.2) is 13.6 Å². The monoisotopic (exact) mass is 370 g/mol. The molecule has 0 bridgehead atoms. The maximum atomic E-state index is 13.0. The molecule has 1 saturated carbocycles. The molecule has 0 amide bonds. The number of benzene rings is 1. The summed E-state index contributed by atoms with van der Waals surface area (Å²) in [5, 5.41) is 5.06. The van der Waals surface area contributed by atoms with Crippen molar-refractivity contribution < 1.29 is 21.6 Å². The first kappa shape index (κ1) is 17.9. The van der Waals surface area contributed by atoms with Crippen LogP contribution in [0.3, 0.4) is 0 Å². The van der Waals surface area contributed by atoms with Gasteiger partial charge in [0.05, 0.1) is 10.5 Å². The minimum Gasteiger partial charge on any atom is -0.264 e. The van der Waals surface area contributed by atoms with Gasteiger partial charge >= 0.3 is 6.18 Å². The lowest BCUT2D eigenvalue weighted by atomic mass is 10.0. The summed E-state index contributed by atoms with van der Waals surface area (Å²) in [6.07, 6.45) is -0.100. The van der Waals surface area contributed by atoms with Gasteiger partial charge in [-0.3, -0.25) is 4.98 Å². The zero-order valence-corrected chi connectivity index (χ0v) is 14.0.